The zero-order valence-corrected chi connectivity index (χ0v) is 15.9. The lowest BCUT2D eigenvalue weighted by atomic mass is 10.1. The molecule has 2 aromatic carbocycles. The Labute approximate surface area is 169 Å². The summed E-state index contributed by atoms with van der Waals surface area (Å²) in [6, 6.07) is 15.2. The number of hydrogen-bond acceptors (Lipinski definition) is 7. The summed E-state index contributed by atoms with van der Waals surface area (Å²) in [4.78, 5) is 31.9. The summed E-state index contributed by atoms with van der Waals surface area (Å²) in [7, 11) is 0. The van der Waals surface area contributed by atoms with Gasteiger partial charge in [-0.2, -0.15) is 0 Å². The van der Waals surface area contributed by atoms with Gasteiger partial charge in [-0.1, -0.05) is 23.9 Å². The normalized spacial score (nSPS) is 16.5. The number of nitrogens with one attached hydrogen (secondary N) is 1. The molecular formula is C21H15N3O4S. The number of thioether (sulfide) groups is 1. The maximum absolute atomic E-state index is 11.7. The minimum Gasteiger partial charge on any atom is -0.484 e. The van der Waals surface area contributed by atoms with Crippen molar-refractivity contribution in [2.75, 3.05) is 0 Å². The van der Waals surface area contributed by atoms with Gasteiger partial charge in [0.1, 0.15) is 11.3 Å². The molecule has 29 heavy (non-hydrogen) atoms. The number of amides is 2. The molecule has 1 saturated heterocycles. The number of fused-ring (bicyclic) bond motifs is 2. The number of rotatable bonds is 5. The number of carbonyl (C=O) groups is 2. The Bertz CT molecular complexity index is 1220. The molecule has 0 aliphatic carbocycles. The second-order valence-electron chi connectivity index (χ2n) is 6.65. The second kappa shape index (κ2) is 7.21. The number of benzene rings is 2. The Morgan fingerprint density at radius 3 is 2.83 bits per heavy atom. The SMILES string of the molecule is O=C1NC(=O)C(Cc2cnc3cc(OCc4nc5ccccc5o4)ccc3c2)S1. The fraction of sp³-hybridized carbons (Fsp3) is 0.143. The van der Waals surface area contributed by atoms with E-state index in [-0.39, 0.29) is 17.8 Å². The first-order valence-electron chi connectivity index (χ1n) is 9.01. The Morgan fingerprint density at radius 2 is 2.00 bits per heavy atom. The molecule has 0 radical (unpaired) electrons. The van der Waals surface area contributed by atoms with E-state index in [1.165, 1.54) is 0 Å². The average molecular weight is 405 g/mol. The van der Waals surface area contributed by atoms with Crippen molar-refractivity contribution in [1.29, 1.82) is 0 Å². The van der Waals surface area contributed by atoms with E-state index >= 15 is 0 Å². The van der Waals surface area contributed by atoms with Crippen LogP contribution in [-0.4, -0.2) is 26.4 Å². The molecule has 7 nitrogen and oxygen atoms in total. The highest BCUT2D eigenvalue weighted by Gasteiger charge is 2.31. The fourth-order valence-electron chi connectivity index (χ4n) is 3.22. The third-order valence-electron chi connectivity index (χ3n) is 4.60. The number of carbonyl (C=O) groups excluding carboxylic acids is 2. The number of ether oxygens (including phenoxy) is 1. The fourth-order valence-corrected chi connectivity index (χ4v) is 4.08. The van der Waals surface area contributed by atoms with Crippen LogP contribution in [0.5, 0.6) is 5.75 Å². The van der Waals surface area contributed by atoms with Gasteiger partial charge in [0.05, 0.1) is 10.8 Å². The Hall–Kier alpha value is -3.39. The highest BCUT2D eigenvalue weighted by molar-refractivity contribution is 8.15. The predicted molar refractivity (Wildman–Crippen MR) is 109 cm³/mol. The molecule has 1 fully saturated rings. The Morgan fingerprint density at radius 1 is 1.10 bits per heavy atom. The number of nitrogens with zero attached hydrogens (tertiary/aromatic N) is 2. The monoisotopic (exact) mass is 405 g/mol. The van der Waals surface area contributed by atoms with E-state index in [1.54, 1.807) is 6.20 Å². The molecule has 4 aromatic rings. The van der Waals surface area contributed by atoms with Crippen molar-refractivity contribution in [2.24, 2.45) is 0 Å². The van der Waals surface area contributed by atoms with Gasteiger partial charge in [-0.15, -0.1) is 0 Å². The van der Waals surface area contributed by atoms with Crippen LogP contribution in [0.1, 0.15) is 11.5 Å². The third kappa shape index (κ3) is 3.66. The first-order valence-corrected chi connectivity index (χ1v) is 9.89. The predicted octanol–water partition coefficient (Wildman–Crippen LogP) is 3.85. The van der Waals surface area contributed by atoms with Gasteiger partial charge in [0.25, 0.3) is 5.24 Å². The number of aromatic nitrogens is 2. The minimum atomic E-state index is -0.402. The molecule has 1 aliphatic rings. The summed E-state index contributed by atoms with van der Waals surface area (Å²) in [6.07, 6.45) is 2.19. The van der Waals surface area contributed by atoms with E-state index in [4.69, 9.17) is 9.15 Å². The first kappa shape index (κ1) is 17.7. The lowest BCUT2D eigenvalue weighted by Crippen LogP contribution is -2.25. The molecule has 2 amide bonds. The minimum absolute atomic E-state index is 0.223. The molecule has 1 aliphatic heterocycles. The largest absolute Gasteiger partial charge is 0.484 e. The zero-order chi connectivity index (χ0) is 19.8. The lowest BCUT2D eigenvalue weighted by molar-refractivity contribution is -0.118. The molecule has 0 saturated carbocycles. The van der Waals surface area contributed by atoms with Crippen LogP contribution in [0, 0.1) is 0 Å². The second-order valence-corrected chi connectivity index (χ2v) is 7.82. The smallest absolute Gasteiger partial charge is 0.286 e. The number of para-hydroxylation sites is 2. The highest BCUT2D eigenvalue weighted by Crippen LogP contribution is 2.26. The van der Waals surface area contributed by atoms with E-state index in [9.17, 15) is 9.59 Å². The van der Waals surface area contributed by atoms with Crippen LogP contribution < -0.4 is 10.1 Å². The molecule has 5 rings (SSSR count). The van der Waals surface area contributed by atoms with Gasteiger partial charge < -0.3 is 9.15 Å². The molecule has 2 aromatic heterocycles. The molecule has 1 N–H and O–H groups in total. The van der Waals surface area contributed by atoms with Crippen LogP contribution in [0.25, 0.3) is 22.0 Å². The van der Waals surface area contributed by atoms with E-state index in [1.807, 2.05) is 48.5 Å². The Kier molecular flexibility index (Phi) is 4.40. The number of pyridine rings is 1. The van der Waals surface area contributed by atoms with Gasteiger partial charge >= 0.3 is 0 Å². The number of oxazole rings is 1. The van der Waals surface area contributed by atoms with Gasteiger partial charge in [-0.3, -0.25) is 19.9 Å². The topological polar surface area (TPSA) is 94.3 Å². The van der Waals surface area contributed by atoms with Gasteiger partial charge in [0, 0.05) is 17.6 Å². The van der Waals surface area contributed by atoms with Crippen LogP contribution in [0.3, 0.4) is 0 Å². The molecule has 1 unspecified atom stereocenters. The maximum atomic E-state index is 11.7. The van der Waals surface area contributed by atoms with E-state index in [0.29, 0.717) is 18.1 Å². The summed E-state index contributed by atoms with van der Waals surface area (Å²) in [5.41, 5.74) is 3.22. The van der Waals surface area contributed by atoms with E-state index < -0.39 is 5.25 Å². The zero-order valence-electron chi connectivity index (χ0n) is 15.1. The van der Waals surface area contributed by atoms with Crippen molar-refractivity contribution in [3.8, 4) is 5.75 Å². The van der Waals surface area contributed by atoms with Crippen molar-refractivity contribution in [3.05, 3.63) is 66.2 Å². The summed E-state index contributed by atoms with van der Waals surface area (Å²) in [5, 5.41) is 2.54. The van der Waals surface area contributed by atoms with Gasteiger partial charge in [0.2, 0.25) is 11.8 Å². The van der Waals surface area contributed by atoms with Crippen LogP contribution in [0.4, 0.5) is 4.79 Å². The van der Waals surface area contributed by atoms with Gasteiger partial charge in [-0.05, 0) is 42.3 Å². The molecular weight excluding hydrogens is 390 g/mol. The highest BCUT2D eigenvalue weighted by atomic mass is 32.2. The lowest BCUT2D eigenvalue weighted by Gasteiger charge is -2.08. The number of hydrogen-bond donors (Lipinski definition) is 1. The summed E-state index contributed by atoms with van der Waals surface area (Å²) in [5.74, 6) is 0.927. The van der Waals surface area contributed by atoms with Crippen LogP contribution in [0.2, 0.25) is 0 Å². The summed E-state index contributed by atoms with van der Waals surface area (Å²) in [6.45, 7) is 0.223. The number of imide groups is 1. The standard InChI is InChI=1S/C21H15N3O4S/c25-20-18(29-21(26)24-20)8-12-7-13-5-6-14(9-16(13)22-10-12)27-11-19-23-15-3-1-2-4-17(15)28-19/h1-7,9-10,18H,8,11H2,(H,24,25,26). The van der Waals surface area contributed by atoms with Crippen molar-refractivity contribution in [1.82, 2.24) is 15.3 Å². The van der Waals surface area contributed by atoms with Crippen molar-refractivity contribution < 1.29 is 18.7 Å². The maximum Gasteiger partial charge on any atom is 0.286 e. The van der Waals surface area contributed by atoms with Crippen LogP contribution in [0.15, 0.2) is 59.1 Å². The van der Waals surface area contributed by atoms with E-state index in [2.05, 4.69) is 15.3 Å². The molecule has 8 heteroatoms. The van der Waals surface area contributed by atoms with E-state index in [0.717, 1.165) is 39.3 Å². The van der Waals surface area contributed by atoms with Crippen molar-refractivity contribution >= 4 is 44.9 Å². The molecule has 3 heterocycles. The van der Waals surface area contributed by atoms with Crippen molar-refractivity contribution in [3.63, 3.8) is 0 Å². The van der Waals surface area contributed by atoms with Gasteiger partial charge in [0.15, 0.2) is 12.2 Å². The van der Waals surface area contributed by atoms with Crippen LogP contribution in [-0.2, 0) is 17.8 Å². The first-order chi connectivity index (χ1) is 14.1. The molecule has 144 valence electrons. The molecule has 0 spiro atoms. The summed E-state index contributed by atoms with van der Waals surface area (Å²) >= 11 is 1.02. The van der Waals surface area contributed by atoms with Crippen LogP contribution >= 0.6 is 11.8 Å². The van der Waals surface area contributed by atoms with Crippen molar-refractivity contribution in [2.45, 2.75) is 18.3 Å². The third-order valence-corrected chi connectivity index (χ3v) is 5.58. The summed E-state index contributed by atoms with van der Waals surface area (Å²) < 4.78 is 11.5. The van der Waals surface area contributed by atoms with Gasteiger partial charge in [-0.25, -0.2) is 4.98 Å². The molecule has 0 bridgehead atoms. The quantitative estimate of drug-likeness (QED) is 0.539. The molecule has 1 atom stereocenters. The average Bonchev–Trinajstić information content (AvgIpc) is 3.28. The Balaban J connectivity index is 1.30.